The van der Waals surface area contributed by atoms with Gasteiger partial charge in [-0.15, -0.1) is 11.3 Å². The van der Waals surface area contributed by atoms with Gasteiger partial charge in [-0.05, 0) is 36.4 Å². The van der Waals surface area contributed by atoms with Crippen LogP contribution in [0.1, 0.15) is 31.2 Å². The summed E-state index contributed by atoms with van der Waals surface area (Å²) >= 11 is 1.35. The second-order valence-electron chi connectivity index (χ2n) is 7.25. The fraction of sp³-hybridized carbons (Fsp3) is 0.217. The summed E-state index contributed by atoms with van der Waals surface area (Å²) in [4.78, 5) is 44.2. The third-order valence-corrected chi connectivity index (χ3v) is 5.97. The molecule has 0 aliphatic carbocycles. The van der Waals surface area contributed by atoms with E-state index in [9.17, 15) is 14.4 Å². The lowest BCUT2D eigenvalue weighted by Crippen LogP contribution is -2.42. The van der Waals surface area contributed by atoms with Crippen LogP contribution in [0, 0.1) is 0 Å². The molecule has 34 heavy (non-hydrogen) atoms. The van der Waals surface area contributed by atoms with Gasteiger partial charge in [0.05, 0.1) is 31.6 Å². The first-order valence-electron chi connectivity index (χ1n) is 10.5. The Kier molecular flexibility index (Phi) is 7.35. The Morgan fingerprint density at radius 2 is 1.68 bits per heavy atom. The number of nitrogens with one attached hydrogen (secondary N) is 3. The molecule has 3 N–H and O–H groups in total. The van der Waals surface area contributed by atoms with E-state index in [1.807, 2.05) is 4.90 Å². The second kappa shape index (κ2) is 10.8. The number of rotatable bonds is 6. The minimum absolute atomic E-state index is 0.192. The van der Waals surface area contributed by atoms with Gasteiger partial charge in [-0.3, -0.25) is 25.2 Å². The van der Waals surface area contributed by atoms with Gasteiger partial charge in [0.15, 0.2) is 5.13 Å². The zero-order valence-corrected chi connectivity index (χ0v) is 19.2. The van der Waals surface area contributed by atoms with Crippen molar-refractivity contribution in [3.8, 4) is 5.75 Å². The smallest absolute Gasteiger partial charge is 0.289 e. The van der Waals surface area contributed by atoms with Crippen LogP contribution < -0.4 is 25.8 Å². The van der Waals surface area contributed by atoms with Crippen LogP contribution in [0.25, 0.3) is 0 Å². The van der Waals surface area contributed by atoms with E-state index in [-0.39, 0.29) is 17.2 Å². The van der Waals surface area contributed by atoms with Crippen molar-refractivity contribution in [2.24, 2.45) is 0 Å². The number of benzene rings is 2. The van der Waals surface area contributed by atoms with E-state index < -0.39 is 11.8 Å². The fourth-order valence-corrected chi connectivity index (χ4v) is 4.10. The predicted molar refractivity (Wildman–Crippen MR) is 127 cm³/mol. The third-order valence-electron chi connectivity index (χ3n) is 5.07. The zero-order chi connectivity index (χ0) is 23.9. The van der Waals surface area contributed by atoms with Crippen molar-refractivity contribution in [3.05, 3.63) is 70.7 Å². The SMILES string of the molecule is COc1ccc(C(=O)Nc2ccccc2C(=O)NNC(=O)c2csc(N3CCOCC3)n2)cc1. The number of morpholine rings is 1. The van der Waals surface area contributed by atoms with E-state index in [1.54, 1.807) is 61.0 Å². The number of amides is 3. The number of anilines is 2. The Bertz CT molecular complexity index is 1170. The molecule has 10 nitrogen and oxygen atoms in total. The Balaban J connectivity index is 1.37. The molecule has 0 bridgehead atoms. The van der Waals surface area contributed by atoms with Gasteiger partial charge in [0.25, 0.3) is 17.7 Å². The molecule has 0 atom stereocenters. The van der Waals surface area contributed by atoms with Gasteiger partial charge >= 0.3 is 0 Å². The second-order valence-corrected chi connectivity index (χ2v) is 8.09. The van der Waals surface area contributed by atoms with Crippen LogP contribution in [0.5, 0.6) is 5.75 Å². The van der Waals surface area contributed by atoms with E-state index in [0.717, 1.165) is 5.13 Å². The van der Waals surface area contributed by atoms with Crippen LogP contribution in [0.4, 0.5) is 10.8 Å². The first kappa shape index (κ1) is 23.2. The standard InChI is InChI=1S/C23H23N5O5S/c1-32-16-8-6-15(7-9-16)20(29)24-18-5-3-2-4-17(18)21(30)26-27-22(31)19-14-34-23(25-19)28-10-12-33-13-11-28/h2-9,14H,10-13H2,1H3,(H,24,29)(H,26,30)(H,27,31). The number of nitrogens with zero attached hydrogens (tertiary/aromatic N) is 2. The molecular weight excluding hydrogens is 458 g/mol. The van der Waals surface area contributed by atoms with Gasteiger partial charge in [0.1, 0.15) is 11.4 Å². The van der Waals surface area contributed by atoms with Gasteiger partial charge in [0, 0.05) is 24.0 Å². The molecule has 176 valence electrons. The van der Waals surface area contributed by atoms with Crippen molar-refractivity contribution in [1.29, 1.82) is 0 Å². The first-order chi connectivity index (χ1) is 16.5. The molecule has 1 fully saturated rings. The highest BCUT2D eigenvalue weighted by molar-refractivity contribution is 7.13. The molecule has 0 unspecified atom stereocenters. The first-order valence-corrected chi connectivity index (χ1v) is 11.4. The predicted octanol–water partition coefficient (Wildman–Crippen LogP) is 2.32. The van der Waals surface area contributed by atoms with Crippen LogP contribution in [0.2, 0.25) is 0 Å². The van der Waals surface area contributed by atoms with Crippen LogP contribution in [-0.2, 0) is 4.74 Å². The molecule has 1 aliphatic heterocycles. The van der Waals surface area contributed by atoms with Gasteiger partial charge in [-0.1, -0.05) is 12.1 Å². The summed E-state index contributed by atoms with van der Waals surface area (Å²) in [5.74, 6) is -0.874. The van der Waals surface area contributed by atoms with Crippen molar-refractivity contribution in [3.63, 3.8) is 0 Å². The molecular formula is C23H23N5O5S. The lowest BCUT2D eigenvalue weighted by Gasteiger charge is -2.25. The Hall–Kier alpha value is -3.96. The number of hydrogen-bond acceptors (Lipinski definition) is 8. The monoisotopic (exact) mass is 481 g/mol. The Morgan fingerprint density at radius 3 is 2.41 bits per heavy atom. The summed E-state index contributed by atoms with van der Waals surface area (Å²) in [6.07, 6.45) is 0. The lowest BCUT2D eigenvalue weighted by atomic mass is 10.1. The minimum atomic E-state index is -0.581. The van der Waals surface area contributed by atoms with Crippen LogP contribution in [0.15, 0.2) is 53.9 Å². The maximum atomic E-state index is 12.7. The number of para-hydroxylation sites is 1. The van der Waals surface area contributed by atoms with Gasteiger partial charge < -0.3 is 19.7 Å². The van der Waals surface area contributed by atoms with Gasteiger partial charge in [-0.2, -0.15) is 0 Å². The number of thiazole rings is 1. The van der Waals surface area contributed by atoms with Gasteiger partial charge in [-0.25, -0.2) is 4.98 Å². The van der Waals surface area contributed by atoms with Crippen molar-refractivity contribution in [2.75, 3.05) is 43.6 Å². The summed E-state index contributed by atoms with van der Waals surface area (Å²) in [5, 5.41) is 5.09. The summed E-state index contributed by atoms with van der Waals surface area (Å²) in [6.45, 7) is 2.66. The van der Waals surface area contributed by atoms with E-state index in [4.69, 9.17) is 9.47 Å². The van der Waals surface area contributed by atoms with Crippen molar-refractivity contribution in [2.45, 2.75) is 0 Å². The fourth-order valence-electron chi connectivity index (χ4n) is 3.24. The average molecular weight is 482 g/mol. The molecule has 4 rings (SSSR count). The maximum absolute atomic E-state index is 12.7. The molecule has 1 aliphatic rings. The van der Waals surface area contributed by atoms with E-state index in [2.05, 4.69) is 21.2 Å². The summed E-state index contributed by atoms with van der Waals surface area (Å²) in [7, 11) is 1.54. The number of carbonyl (C=O) groups excluding carboxylic acids is 3. The highest BCUT2D eigenvalue weighted by Gasteiger charge is 2.19. The number of carbonyl (C=O) groups is 3. The molecule has 0 radical (unpaired) electrons. The number of hydrazine groups is 1. The van der Waals surface area contributed by atoms with Crippen molar-refractivity contribution in [1.82, 2.24) is 15.8 Å². The number of methoxy groups -OCH3 is 1. The Labute approximate surface area is 199 Å². The summed E-state index contributed by atoms with van der Waals surface area (Å²) < 4.78 is 10.4. The summed E-state index contributed by atoms with van der Waals surface area (Å²) in [6, 6.07) is 13.1. The Morgan fingerprint density at radius 1 is 0.971 bits per heavy atom. The topological polar surface area (TPSA) is 122 Å². The molecule has 2 heterocycles. The number of hydrogen-bond donors (Lipinski definition) is 3. The maximum Gasteiger partial charge on any atom is 0.289 e. The van der Waals surface area contributed by atoms with E-state index in [0.29, 0.717) is 43.3 Å². The normalized spacial score (nSPS) is 13.1. The summed E-state index contributed by atoms with van der Waals surface area (Å²) in [5.41, 5.74) is 5.86. The molecule has 1 aromatic heterocycles. The molecule has 11 heteroatoms. The molecule has 0 spiro atoms. The molecule has 2 aromatic carbocycles. The molecule has 1 saturated heterocycles. The third kappa shape index (κ3) is 5.50. The van der Waals surface area contributed by atoms with E-state index >= 15 is 0 Å². The van der Waals surface area contributed by atoms with E-state index in [1.165, 1.54) is 11.3 Å². The molecule has 0 saturated carbocycles. The quantitative estimate of drug-likeness (QED) is 0.462. The number of aromatic nitrogens is 1. The van der Waals surface area contributed by atoms with Crippen molar-refractivity contribution >= 4 is 39.9 Å². The minimum Gasteiger partial charge on any atom is -0.497 e. The highest BCUT2D eigenvalue weighted by atomic mass is 32.1. The van der Waals surface area contributed by atoms with Crippen LogP contribution in [-0.4, -0.2) is 56.1 Å². The largest absolute Gasteiger partial charge is 0.497 e. The highest BCUT2D eigenvalue weighted by Crippen LogP contribution is 2.21. The lowest BCUT2D eigenvalue weighted by molar-refractivity contribution is 0.0844. The van der Waals surface area contributed by atoms with Crippen LogP contribution in [0.3, 0.4) is 0 Å². The molecule has 3 aromatic rings. The number of ether oxygens (including phenoxy) is 2. The van der Waals surface area contributed by atoms with Crippen molar-refractivity contribution < 1.29 is 23.9 Å². The van der Waals surface area contributed by atoms with Crippen LogP contribution >= 0.6 is 11.3 Å². The van der Waals surface area contributed by atoms with Gasteiger partial charge in [0.2, 0.25) is 0 Å². The average Bonchev–Trinajstić information content (AvgIpc) is 3.38. The molecule has 3 amide bonds. The zero-order valence-electron chi connectivity index (χ0n) is 18.4.